The third-order valence-corrected chi connectivity index (χ3v) is 3.33. The third-order valence-electron chi connectivity index (χ3n) is 2.43. The van der Waals surface area contributed by atoms with Crippen LogP contribution in [-0.4, -0.2) is 33.8 Å². The predicted molar refractivity (Wildman–Crippen MR) is 69.8 cm³/mol. The zero-order valence-corrected chi connectivity index (χ0v) is 11.2. The van der Waals surface area contributed by atoms with Crippen LogP contribution < -0.4 is 5.84 Å². The maximum absolute atomic E-state index is 5.97. The van der Waals surface area contributed by atoms with Gasteiger partial charge in [-0.15, -0.1) is 10.2 Å². The highest BCUT2D eigenvalue weighted by atomic mass is 32.2. The lowest BCUT2D eigenvalue weighted by atomic mass is 10.2. The van der Waals surface area contributed by atoms with Crippen molar-refractivity contribution in [3.8, 4) is 11.4 Å². The number of hydrogen-bond acceptors (Lipinski definition) is 6. The van der Waals surface area contributed by atoms with Crippen LogP contribution in [0.3, 0.4) is 0 Å². The number of ether oxygens (including phenoxy) is 1. The van der Waals surface area contributed by atoms with Gasteiger partial charge in [0.25, 0.3) is 0 Å². The molecule has 0 saturated carbocycles. The van der Waals surface area contributed by atoms with E-state index in [9.17, 15) is 0 Å². The molecule has 0 amide bonds. The molecule has 2 rings (SSSR count). The molecule has 0 fully saturated rings. The van der Waals surface area contributed by atoms with Crippen molar-refractivity contribution >= 4 is 11.8 Å². The highest BCUT2D eigenvalue weighted by Gasteiger charge is 2.15. The largest absolute Gasteiger partial charge is 0.469 e. The van der Waals surface area contributed by atoms with Crippen LogP contribution in [0.2, 0.25) is 0 Å². The Morgan fingerprint density at radius 1 is 1.50 bits per heavy atom. The molecule has 2 N–H and O–H groups in total. The van der Waals surface area contributed by atoms with E-state index >= 15 is 0 Å². The Morgan fingerprint density at radius 2 is 2.33 bits per heavy atom. The first kappa shape index (κ1) is 13.0. The van der Waals surface area contributed by atoms with Gasteiger partial charge in [-0.2, -0.15) is 0 Å². The number of nitrogen functional groups attached to an aromatic ring is 1. The molecule has 98 valence electrons. The van der Waals surface area contributed by atoms with Gasteiger partial charge in [0.05, 0.1) is 18.4 Å². The first-order valence-electron chi connectivity index (χ1n) is 5.69. The van der Waals surface area contributed by atoms with Gasteiger partial charge in [0, 0.05) is 12.4 Å². The fourth-order valence-corrected chi connectivity index (χ4v) is 2.22. The van der Waals surface area contributed by atoms with Crippen LogP contribution in [-0.2, 0) is 4.74 Å². The van der Waals surface area contributed by atoms with Gasteiger partial charge in [-0.05, 0) is 19.9 Å². The fraction of sp³-hybridized carbons (Fsp3) is 0.455. The van der Waals surface area contributed by atoms with E-state index in [0.29, 0.717) is 17.6 Å². The van der Waals surface area contributed by atoms with Crippen molar-refractivity contribution in [3.63, 3.8) is 0 Å². The van der Waals surface area contributed by atoms with E-state index < -0.39 is 0 Å². The van der Waals surface area contributed by atoms with Crippen molar-refractivity contribution in [2.75, 3.05) is 24.8 Å². The summed E-state index contributed by atoms with van der Waals surface area (Å²) in [7, 11) is 0. The van der Waals surface area contributed by atoms with Crippen LogP contribution in [0, 0.1) is 6.92 Å². The van der Waals surface area contributed by atoms with Crippen molar-refractivity contribution in [1.82, 2.24) is 14.9 Å². The molecular formula is C11H16N4O2S. The molecule has 2 aromatic heterocycles. The molecule has 0 aliphatic heterocycles. The summed E-state index contributed by atoms with van der Waals surface area (Å²) < 4.78 is 12.0. The van der Waals surface area contributed by atoms with E-state index in [1.165, 1.54) is 16.4 Å². The molecule has 7 heteroatoms. The van der Waals surface area contributed by atoms with Gasteiger partial charge in [-0.1, -0.05) is 11.8 Å². The number of furan rings is 1. The average molecular weight is 268 g/mol. The molecule has 6 nitrogen and oxygen atoms in total. The first-order valence-corrected chi connectivity index (χ1v) is 6.68. The lowest BCUT2D eigenvalue weighted by molar-refractivity contribution is 0.164. The van der Waals surface area contributed by atoms with Crippen molar-refractivity contribution in [1.29, 1.82) is 0 Å². The second-order valence-corrected chi connectivity index (χ2v) is 4.67. The van der Waals surface area contributed by atoms with Gasteiger partial charge in [0.2, 0.25) is 5.16 Å². The summed E-state index contributed by atoms with van der Waals surface area (Å²) in [6.45, 7) is 5.23. The minimum absolute atomic E-state index is 0.611. The molecule has 0 aromatic carbocycles. The molecule has 0 bridgehead atoms. The second kappa shape index (κ2) is 5.92. The maximum atomic E-state index is 5.97. The summed E-state index contributed by atoms with van der Waals surface area (Å²) >= 11 is 1.52. The molecule has 0 unspecified atom stereocenters. The quantitative estimate of drug-likeness (QED) is 0.488. The first-order chi connectivity index (χ1) is 8.74. The van der Waals surface area contributed by atoms with Gasteiger partial charge < -0.3 is 15.0 Å². The highest BCUT2D eigenvalue weighted by Crippen LogP contribution is 2.24. The lowest BCUT2D eigenvalue weighted by Gasteiger charge is -2.03. The molecule has 0 aliphatic rings. The molecule has 0 radical (unpaired) electrons. The summed E-state index contributed by atoms with van der Waals surface area (Å²) in [6, 6.07) is 1.83. The van der Waals surface area contributed by atoms with E-state index in [1.807, 2.05) is 19.9 Å². The Hall–Kier alpha value is -1.47. The number of aromatic nitrogens is 3. The van der Waals surface area contributed by atoms with Crippen molar-refractivity contribution < 1.29 is 9.15 Å². The van der Waals surface area contributed by atoms with Crippen LogP contribution in [0.25, 0.3) is 11.4 Å². The molecule has 18 heavy (non-hydrogen) atoms. The van der Waals surface area contributed by atoms with Crippen molar-refractivity contribution in [2.45, 2.75) is 19.0 Å². The minimum Gasteiger partial charge on any atom is -0.469 e. The van der Waals surface area contributed by atoms with E-state index in [4.69, 9.17) is 15.0 Å². The Kier molecular flexibility index (Phi) is 4.27. The van der Waals surface area contributed by atoms with Gasteiger partial charge in [0.15, 0.2) is 5.82 Å². The standard InChI is InChI=1S/C11H16N4O2S/c1-3-16-6-7-18-11-14-13-10(15(11)12)9-4-5-17-8(9)2/h4-5H,3,6-7,12H2,1-2H3. The Bertz CT molecular complexity index is 509. The second-order valence-electron chi connectivity index (χ2n) is 3.61. The van der Waals surface area contributed by atoms with Crippen molar-refractivity contribution in [3.05, 3.63) is 18.1 Å². The van der Waals surface area contributed by atoms with Crippen LogP contribution in [0.4, 0.5) is 0 Å². The predicted octanol–water partition coefficient (Wildman–Crippen LogP) is 1.69. The van der Waals surface area contributed by atoms with Crippen LogP contribution in [0.15, 0.2) is 21.9 Å². The minimum atomic E-state index is 0.611. The lowest BCUT2D eigenvalue weighted by Crippen LogP contribution is -2.12. The number of rotatable bonds is 6. The molecule has 0 spiro atoms. The molecular weight excluding hydrogens is 252 g/mol. The van der Waals surface area contributed by atoms with Crippen molar-refractivity contribution in [2.24, 2.45) is 0 Å². The van der Waals surface area contributed by atoms with Gasteiger partial charge in [-0.3, -0.25) is 0 Å². The molecule has 0 saturated heterocycles. The van der Waals surface area contributed by atoms with Gasteiger partial charge in [-0.25, -0.2) is 4.68 Å². The van der Waals surface area contributed by atoms with Gasteiger partial charge >= 0.3 is 0 Å². The smallest absolute Gasteiger partial charge is 0.210 e. The Labute approximate surface area is 109 Å². The monoisotopic (exact) mass is 268 g/mol. The molecule has 2 heterocycles. The topological polar surface area (TPSA) is 79.1 Å². The summed E-state index contributed by atoms with van der Waals surface area (Å²) in [5.41, 5.74) is 0.863. The summed E-state index contributed by atoms with van der Waals surface area (Å²) in [4.78, 5) is 0. The maximum Gasteiger partial charge on any atom is 0.210 e. The Morgan fingerprint density at radius 3 is 3.00 bits per heavy atom. The third kappa shape index (κ3) is 2.68. The number of thioether (sulfide) groups is 1. The normalized spacial score (nSPS) is 11.0. The number of nitrogens with zero attached hydrogens (tertiary/aromatic N) is 3. The average Bonchev–Trinajstić information content (AvgIpc) is 2.92. The SMILES string of the molecule is CCOCCSc1nnc(-c2ccoc2C)n1N. The van der Waals surface area contributed by atoms with Crippen LogP contribution >= 0.6 is 11.8 Å². The number of aryl methyl sites for hydroxylation is 1. The molecule has 0 aliphatic carbocycles. The summed E-state index contributed by atoms with van der Waals surface area (Å²) in [6.07, 6.45) is 1.61. The fourth-order valence-electron chi connectivity index (χ4n) is 1.51. The number of nitrogens with two attached hydrogens (primary N) is 1. The number of hydrogen-bond donors (Lipinski definition) is 1. The van der Waals surface area contributed by atoms with E-state index in [2.05, 4.69) is 10.2 Å². The van der Waals surface area contributed by atoms with E-state index in [-0.39, 0.29) is 0 Å². The van der Waals surface area contributed by atoms with Gasteiger partial charge in [0.1, 0.15) is 5.76 Å². The Balaban J connectivity index is 2.07. The van der Waals surface area contributed by atoms with Crippen LogP contribution in [0.5, 0.6) is 0 Å². The summed E-state index contributed by atoms with van der Waals surface area (Å²) in [5.74, 6) is 8.15. The highest BCUT2D eigenvalue weighted by molar-refractivity contribution is 7.99. The molecule has 0 atom stereocenters. The zero-order valence-electron chi connectivity index (χ0n) is 10.4. The zero-order chi connectivity index (χ0) is 13.0. The van der Waals surface area contributed by atoms with E-state index in [0.717, 1.165) is 23.7 Å². The molecule has 2 aromatic rings. The summed E-state index contributed by atoms with van der Waals surface area (Å²) in [5, 5.41) is 8.82. The van der Waals surface area contributed by atoms with Crippen LogP contribution in [0.1, 0.15) is 12.7 Å². The van der Waals surface area contributed by atoms with E-state index in [1.54, 1.807) is 6.26 Å².